The number of likely N-dealkylation sites (tertiary alicyclic amines) is 1. The number of hydrogen-bond acceptors (Lipinski definition) is 7. The predicted octanol–water partition coefficient (Wildman–Crippen LogP) is 5.68. The molecule has 0 spiro atoms. The van der Waals surface area contributed by atoms with Crippen LogP contribution in [0.5, 0.6) is 0 Å². The van der Waals surface area contributed by atoms with Crippen LogP contribution in [-0.4, -0.2) is 44.3 Å². The second-order valence-electron chi connectivity index (χ2n) is 10.1. The monoisotopic (exact) mass is 609 g/mol. The average molecular weight is 610 g/mol. The topological polar surface area (TPSA) is 147 Å². The van der Waals surface area contributed by atoms with E-state index in [4.69, 9.17) is 5.73 Å². The lowest BCUT2D eigenvalue weighted by molar-refractivity contribution is -0.133. The van der Waals surface area contributed by atoms with Crippen molar-refractivity contribution >= 4 is 51.0 Å². The number of nitrogens with zero attached hydrogens (tertiary/aromatic N) is 2. The van der Waals surface area contributed by atoms with Gasteiger partial charge in [0, 0.05) is 41.1 Å². The van der Waals surface area contributed by atoms with Crippen molar-refractivity contribution in [2.75, 3.05) is 30.0 Å². The average Bonchev–Trinajstić information content (AvgIpc) is 3.47. The molecule has 5 rings (SSSR count). The van der Waals surface area contributed by atoms with E-state index in [2.05, 4.69) is 20.4 Å². The van der Waals surface area contributed by atoms with E-state index in [1.807, 2.05) is 0 Å². The largest absolute Gasteiger partial charge is 0.453 e. The molecule has 2 amide bonds. The molecule has 3 aromatic carbocycles. The number of nitrogen functional groups attached to an aromatic ring is 1. The number of methoxy groups -OCH3 is 1. The summed E-state index contributed by atoms with van der Waals surface area (Å²) < 4.78 is 56.5. The number of nitrogens with two attached hydrogens (primary N) is 1. The zero-order chi connectivity index (χ0) is 30.8. The van der Waals surface area contributed by atoms with Gasteiger partial charge in [0.05, 0.1) is 18.0 Å². The maximum absolute atomic E-state index is 15.3. The molecule has 3 atom stereocenters. The number of anilines is 3. The van der Waals surface area contributed by atoms with E-state index in [-0.39, 0.29) is 22.6 Å². The second-order valence-corrected chi connectivity index (χ2v) is 11.1. The van der Waals surface area contributed by atoms with Crippen LogP contribution in [0.4, 0.5) is 30.8 Å². The van der Waals surface area contributed by atoms with Gasteiger partial charge in [-0.25, -0.2) is 22.8 Å². The molecular formula is C30H29F2N5O5S. The summed E-state index contributed by atoms with van der Waals surface area (Å²) in [4.78, 5) is 31.8. The molecule has 1 unspecified atom stereocenters. The Kier molecular flexibility index (Phi) is 8.55. The normalized spacial score (nSPS) is 16.1. The van der Waals surface area contributed by atoms with Crippen molar-refractivity contribution in [2.45, 2.75) is 36.7 Å². The van der Waals surface area contributed by atoms with Crippen LogP contribution in [-0.2, 0) is 20.6 Å². The summed E-state index contributed by atoms with van der Waals surface area (Å²) >= 11 is -2.41. The molecule has 2 heterocycles. The molecule has 43 heavy (non-hydrogen) atoms. The van der Waals surface area contributed by atoms with Gasteiger partial charge in [-0.15, -0.1) is 0 Å². The highest BCUT2D eigenvalue weighted by molar-refractivity contribution is 7.79. The third-order valence-electron chi connectivity index (χ3n) is 7.47. The van der Waals surface area contributed by atoms with Crippen molar-refractivity contribution in [2.24, 2.45) is 0 Å². The molecule has 1 fully saturated rings. The van der Waals surface area contributed by atoms with E-state index < -0.39 is 46.8 Å². The smallest absolute Gasteiger partial charge is 0.411 e. The number of amides is 2. The van der Waals surface area contributed by atoms with E-state index in [0.717, 1.165) is 11.5 Å². The molecule has 5 N–H and O–H groups in total. The Hall–Kier alpha value is -4.62. The Balaban J connectivity index is 1.57. The molecule has 0 aliphatic carbocycles. The number of aromatic nitrogens is 1. The summed E-state index contributed by atoms with van der Waals surface area (Å²) in [5, 5.41) is 7.09. The number of nitrogens with one attached hydrogen (secondary N) is 2. The van der Waals surface area contributed by atoms with Crippen LogP contribution in [0, 0.1) is 18.6 Å². The number of fused-ring (bicyclic) bond motifs is 1. The van der Waals surface area contributed by atoms with E-state index >= 15 is 4.39 Å². The number of carbonyl (C=O) groups excluding carboxylic acids is 2. The maximum Gasteiger partial charge on any atom is 0.411 e. The molecule has 224 valence electrons. The first-order valence-corrected chi connectivity index (χ1v) is 14.4. The Morgan fingerprint density at radius 3 is 2.63 bits per heavy atom. The molecule has 1 aliphatic rings. The van der Waals surface area contributed by atoms with Crippen molar-refractivity contribution in [3.63, 3.8) is 0 Å². The Bertz CT molecular complexity index is 1750. The molecule has 1 aromatic heterocycles. The van der Waals surface area contributed by atoms with Gasteiger partial charge in [0.15, 0.2) is 11.1 Å². The Labute approximate surface area is 248 Å². The predicted molar refractivity (Wildman–Crippen MR) is 159 cm³/mol. The number of benzene rings is 3. The van der Waals surface area contributed by atoms with Gasteiger partial charge in [0.1, 0.15) is 23.5 Å². The number of pyridine rings is 1. The maximum atomic E-state index is 15.3. The lowest BCUT2D eigenvalue weighted by Gasteiger charge is -2.31. The van der Waals surface area contributed by atoms with E-state index in [1.165, 1.54) is 43.2 Å². The van der Waals surface area contributed by atoms with Crippen LogP contribution < -0.4 is 16.4 Å². The van der Waals surface area contributed by atoms with Crippen LogP contribution in [0.2, 0.25) is 0 Å². The molecule has 0 saturated carbocycles. The van der Waals surface area contributed by atoms with Crippen LogP contribution in [0.25, 0.3) is 10.8 Å². The molecule has 1 saturated heterocycles. The summed E-state index contributed by atoms with van der Waals surface area (Å²) in [7, 11) is 1.20. The summed E-state index contributed by atoms with van der Waals surface area (Å²) in [6, 6.07) is 11.4. The minimum Gasteiger partial charge on any atom is -0.453 e. The van der Waals surface area contributed by atoms with Gasteiger partial charge < -0.3 is 25.2 Å². The van der Waals surface area contributed by atoms with Gasteiger partial charge >= 0.3 is 6.09 Å². The van der Waals surface area contributed by atoms with Crippen molar-refractivity contribution < 1.29 is 31.9 Å². The molecule has 13 heteroatoms. The minimum atomic E-state index is -2.41. The highest BCUT2D eigenvalue weighted by Crippen LogP contribution is 2.39. The zero-order valence-electron chi connectivity index (χ0n) is 23.3. The van der Waals surface area contributed by atoms with Crippen molar-refractivity contribution in [3.05, 3.63) is 89.1 Å². The molecule has 0 bridgehead atoms. The first-order valence-electron chi connectivity index (χ1n) is 13.3. The van der Waals surface area contributed by atoms with Crippen molar-refractivity contribution in [1.82, 2.24) is 9.88 Å². The lowest BCUT2D eigenvalue weighted by Crippen LogP contribution is -2.38. The van der Waals surface area contributed by atoms with Crippen LogP contribution in [0.3, 0.4) is 0 Å². The fraction of sp³-hybridized carbons (Fsp3) is 0.233. The zero-order valence-corrected chi connectivity index (χ0v) is 24.1. The van der Waals surface area contributed by atoms with Crippen LogP contribution in [0.1, 0.15) is 41.6 Å². The number of rotatable bonds is 7. The first-order chi connectivity index (χ1) is 20.6. The van der Waals surface area contributed by atoms with Crippen LogP contribution >= 0.6 is 0 Å². The van der Waals surface area contributed by atoms with Gasteiger partial charge in [-0.2, -0.15) is 0 Å². The molecule has 10 nitrogen and oxygen atoms in total. The Morgan fingerprint density at radius 1 is 1.12 bits per heavy atom. The van der Waals surface area contributed by atoms with Gasteiger partial charge in [-0.05, 0) is 84.8 Å². The fourth-order valence-corrected chi connectivity index (χ4v) is 5.95. The van der Waals surface area contributed by atoms with E-state index in [0.29, 0.717) is 41.0 Å². The number of ether oxygens (including phenoxy) is 1. The van der Waals surface area contributed by atoms with Gasteiger partial charge in [-0.1, -0.05) is 0 Å². The van der Waals surface area contributed by atoms with E-state index in [1.54, 1.807) is 30.5 Å². The van der Waals surface area contributed by atoms with Gasteiger partial charge in [-0.3, -0.25) is 10.1 Å². The van der Waals surface area contributed by atoms with Crippen molar-refractivity contribution in [1.29, 1.82) is 0 Å². The number of hydrogen-bond donors (Lipinski definition) is 4. The SMILES string of the molecule is COC(=O)Nc1ccc(S(=O)O)c([C@H]2CCCN2C(=O)[C@@H](Nc2ccc3c(N)nccc3c2)c2cc(C)c(F)cc2F)c1. The third kappa shape index (κ3) is 6.13. The highest BCUT2D eigenvalue weighted by atomic mass is 32.2. The molecule has 1 aliphatic heterocycles. The lowest BCUT2D eigenvalue weighted by atomic mass is 9.99. The van der Waals surface area contributed by atoms with Crippen LogP contribution in [0.15, 0.2) is 65.7 Å². The standard InChI is InChI=1S/C30H29F2N5O5S/c1-16-12-21(24(32)15-23(16)31)27(35-18-5-7-20-17(13-18)9-10-34-28(20)33)29(38)37-11-3-4-25(37)22-14-19(36-30(39)42-2)6-8-26(22)43(40)41/h5-10,12-15,25,27,35H,3-4,11H2,1-2H3,(H2,33,34)(H,36,39)(H,40,41)/t25-,27+/m1/s1. The van der Waals surface area contributed by atoms with Gasteiger partial charge in [0.25, 0.3) is 0 Å². The molecular weight excluding hydrogens is 580 g/mol. The summed E-state index contributed by atoms with van der Waals surface area (Å²) in [6.45, 7) is 1.75. The summed E-state index contributed by atoms with van der Waals surface area (Å²) in [5.74, 6) is -1.84. The second kappa shape index (κ2) is 12.3. The van der Waals surface area contributed by atoms with Crippen molar-refractivity contribution in [3.8, 4) is 0 Å². The molecule has 0 radical (unpaired) electrons. The molecule has 4 aromatic rings. The van der Waals surface area contributed by atoms with Gasteiger partial charge in [0.2, 0.25) is 5.91 Å². The summed E-state index contributed by atoms with van der Waals surface area (Å²) in [5.41, 5.74) is 7.21. The fourth-order valence-electron chi connectivity index (χ4n) is 5.37. The number of halogens is 2. The number of carbonyl (C=O) groups is 2. The summed E-state index contributed by atoms with van der Waals surface area (Å²) in [6.07, 6.45) is 1.82. The third-order valence-corrected chi connectivity index (χ3v) is 8.21. The number of aryl methyl sites for hydroxylation is 1. The van der Waals surface area contributed by atoms with E-state index in [9.17, 15) is 22.7 Å². The minimum absolute atomic E-state index is 0.0593. The first kappa shape index (κ1) is 29.9. The quantitative estimate of drug-likeness (QED) is 0.196. The highest BCUT2D eigenvalue weighted by Gasteiger charge is 2.37. The Morgan fingerprint density at radius 2 is 1.88 bits per heavy atom.